The Balaban J connectivity index is 1.76. The molecule has 1 aliphatic rings. The fraction of sp³-hybridized carbons (Fsp3) is 0.105. The lowest BCUT2D eigenvalue weighted by Crippen LogP contribution is -2.10. The number of rotatable bonds is 2. The smallest absolute Gasteiger partial charge is 0.269 e. The van der Waals surface area contributed by atoms with E-state index in [2.05, 4.69) is 26.7 Å². The van der Waals surface area contributed by atoms with E-state index in [1.165, 1.54) is 23.1 Å². The van der Waals surface area contributed by atoms with Crippen LogP contribution in [-0.2, 0) is 13.0 Å². The highest BCUT2D eigenvalue weighted by Gasteiger charge is 2.25. The van der Waals surface area contributed by atoms with Crippen LogP contribution in [0.1, 0.15) is 5.56 Å². The fourth-order valence-electron chi connectivity index (χ4n) is 3.79. The van der Waals surface area contributed by atoms with Crippen molar-refractivity contribution in [2.75, 3.05) is 0 Å². The highest BCUT2D eigenvalue weighted by Crippen LogP contribution is 2.40. The van der Waals surface area contributed by atoms with Crippen LogP contribution in [-0.4, -0.2) is 19.5 Å². The lowest BCUT2D eigenvalue weighted by molar-refractivity contribution is -0.384. The third-order valence-corrected chi connectivity index (χ3v) is 5.31. The van der Waals surface area contributed by atoms with Crippen molar-refractivity contribution in [1.29, 1.82) is 0 Å². The van der Waals surface area contributed by atoms with E-state index in [1.54, 1.807) is 12.1 Å². The first-order valence-corrected chi connectivity index (χ1v) is 8.72. The van der Waals surface area contributed by atoms with Crippen molar-refractivity contribution in [2.45, 2.75) is 13.0 Å². The van der Waals surface area contributed by atoms with E-state index in [9.17, 15) is 10.1 Å². The van der Waals surface area contributed by atoms with Crippen LogP contribution >= 0.6 is 12.2 Å². The maximum Gasteiger partial charge on any atom is 0.269 e. The number of nitrogens with zero attached hydrogens (tertiary/aromatic N) is 2. The van der Waals surface area contributed by atoms with Crippen molar-refractivity contribution in [2.24, 2.45) is 0 Å². The minimum absolute atomic E-state index is 0.0757. The van der Waals surface area contributed by atoms with Gasteiger partial charge in [0.15, 0.2) is 4.77 Å². The van der Waals surface area contributed by atoms with Gasteiger partial charge in [0, 0.05) is 35.1 Å². The molecule has 2 aromatic carbocycles. The molecule has 4 aromatic rings. The molecule has 3 heterocycles. The zero-order chi connectivity index (χ0) is 17.8. The van der Waals surface area contributed by atoms with E-state index in [4.69, 9.17) is 12.2 Å². The van der Waals surface area contributed by atoms with Gasteiger partial charge in [0.1, 0.15) is 0 Å². The molecule has 0 fully saturated rings. The first-order chi connectivity index (χ1) is 12.6. The van der Waals surface area contributed by atoms with Crippen molar-refractivity contribution < 1.29 is 4.92 Å². The third kappa shape index (κ3) is 2.07. The number of non-ortho nitro benzene ring substituents is 1. The lowest BCUT2D eigenvalue weighted by atomic mass is 9.99. The number of aromatic nitrogens is 3. The maximum absolute atomic E-state index is 10.9. The Morgan fingerprint density at radius 2 is 1.81 bits per heavy atom. The third-order valence-electron chi connectivity index (χ3n) is 4.99. The van der Waals surface area contributed by atoms with Crippen LogP contribution < -0.4 is 0 Å². The quantitative estimate of drug-likeness (QED) is 0.305. The van der Waals surface area contributed by atoms with Gasteiger partial charge in [-0.15, -0.1) is 0 Å². The van der Waals surface area contributed by atoms with E-state index >= 15 is 0 Å². The van der Waals surface area contributed by atoms with Gasteiger partial charge in [-0.2, -0.15) is 0 Å². The van der Waals surface area contributed by atoms with Gasteiger partial charge in [-0.3, -0.25) is 10.1 Å². The topological polar surface area (TPSA) is 79.7 Å². The predicted octanol–water partition coefficient (Wildman–Crippen LogP) is 4.83. The zero-order valence-corrected chi connectivity index (χ0v) is 14.5. The van der Waals surface area contributed by atoms with E-state index in [0.29, 0.717) is 4.77 Å². The van der Waals surface area contributed by atoms with Gasteiger partial charge in [-0.05, 0) is 42.4 Å². The molecule has 0 unspecified atom stereocenters. The van der Waals surface area contributed by atoms with Crippen molar-refractivity contribution in [3.63, 3.8) is 0 Å². The summed E-state index contributed by atoms with van der Waals surface area (Å²) in [5.74, 6) is 0. The number of aryl methyl sites for hydroxylation is 1. The molecule has 0 saturated carbocycles. The second-order valence-corrected chi connectivity index (χ2v) is 6.77. The Morgan fingerprint density at radius 3 is 2.58 bits per heavy atom. The van der Waals surface area contributed by atoms with Crippen LogP contribution in [0.3, 0.4) is 0 Å². The van der Waals surface area contributed by atoms with Gasteiger partial charge in [0.05, 0.1) is 22.0 Å². The van der Waals surface area contributed by atoms with Gasteiger partial charge < -0.3 is 14.5 Å². The van der Waals surface area contributed by atoms with Crippen LogP contribution in [0.25, 0.3) is 33.5 Å². The summed E-state index contributed by atoms with van der Waals surface area (Å²) >= 11 is 5.52. The van der Waals surface area contributed by atoms with E-state index < -0.39 is 4.92 Å². The molecule has 0 radical (unpaired) electrons. The molecule has 6 nitrogen and oxygen atoms in total. The molecule has 0 spiro atoms. The summed E-state index contributed by atoms with van der Waals surface area (Å²) in [5.41, 5.74) is 6.32. The molecular weight excluding hydrogens is 348 g/mol. The number of nitrogens with one attached hydrogen (secondary N) is 2. The summed E-state index contributed by atoms with van der Waals surface area (Å²) in [7, 11) is 0. The van der Waals surface area contributed by atoms with Crippen molar-refractivity contribution in [3.05, 3.63) is 69.0 Å². The Morgan fingerprint density at radius 1 is 1.04 bits per heavy atom. The number of benzene rings is 2. The first-order valence-electron chi connectivity index (χ1n) is 8.31. The molecule has 0 atom stereocenters. The Hall–Kier alpha value is -3.19. The maximum atomic E-state index is 10.9. The molecule has 128 valence electrons. The number of nitro benzene ring substituents is 1. The van der Waals surface area contributed by atoms with Crippen LogP contribution in [0, 0.1) is 14.9 Å². The SMILES string of the molecule is O=[N+]([O-])c1ccc(-c2[nH]c(=S)n3c2-c2[nH]c4ccccc4c2CC3)cc1. The van der Waals surface area contributed by atoms with Crippen molar-refractivity contribution >= 4 is 28.8 Å². The number of imidazole rings is 1. The predicted molar refractivity (Wildman–Crippen MR) is 103 cm³/mol. The van der Waals surface area contributed by atoms with Crippen LogP contribution in [0.15, 0.2) is 48.5 Å². The molecule has 0 amide bonds. The summed E-state index contributed by atoms with van der Waals surface area (Å²) in [6.45, 7) is 0.812. The molecule has 2 aromatic heterocycles. The number of hydrogen-bond acceptors (Lipinski definition) is 3. The largest absolute Gasteiger partial charge is 0.353 e. The van der Waals surface area contributed by atoms with E-state index in [1.807, 2.05) is 12.1 Å². The lowest BCUT2D eigenvalue weighted by Gasteiger charge is -2.17. The number of H-pyrrole nitrogens is 2. The number of fused-ring (bicyclic) bond motifs is 5. The molecule has 1 aliphatic heterocycles. The molecule has 0 bridgehead atoms. The average Bonchev–Trinajstić information content (AvgIpc) is 3.20. The first kappa shape index (κ1) is 15.1. The van der Waals surface area contributed by atoms with E-state index in [0.717, 1.165) is 41.1 Å². The minimum atomic E-state index is -0.392. The Bertz CT molecular complexity index is 1230. The highest BCUT2D eigenvalue weighted by atomic mass is 32.1. The Kier molecular flexibility index (Phi) is 3.14. The normalized spacial score (nSPS) is 12.8. The molecule has 0 saturated heterocycles. The summed E-state index contributed by atoms with van der Waals surface area (Å²) in [5, 5.41) is 12.2. The average molecular weight is 362 g/mol. The molecule has 5 rings (SSSR count). The fourth-order valence-corrected chi connectivity index (χ4v) is 4.07. The van der Waals surface area contributed by atoms with E-state index in [-0.39, 0.29) is 5.69 Å². The number of para-hydroxylation sites is 1. The van der Waals surface area contributed by atoms with Gasteiger partial charge in [0.2, 0.25) is 0 Å². The number of aromatic amines is 2. The zero-order valence-electron chi connectivity index (χ0n) is 13.7. The molecule has 26 heavy (non-hydrogen) atoms. The van der Waals surface area contributed by atoms with Gasteiger partial charge in [0.25, 0.3) is 5.69 Å². The van der Waals surface area contributed by atoms with Gasteiger partial charge >= 0.3 is 0 Å². The highest BCUT2D eigenvalue weighted by molar-refractivity contribution is 7.71. The van der Waals surface area contributed by atoms with Crippen LogP contribution in [0.4, 0.5) is 5.69 Å². The summed E-state index contributed by atoms with van der Waals surface area (Å²) in [4.78, 5) is 17.4. The molecule has 0 aliphatic carbocycles. The molecule has 7 heteroatoms. The number of nitro groups is 1. The van der Waals surface area contributed by atoms with Crippen molar-refractivity contribution in [1.82, 2.24) is 14.5 Å². The second kappa shape index (κ2) is 5.40. The minimum Gasteiger partial charge on any atom is -0.353 e. The van der Waals surface area contributed by atoms with Crippen LogP contribution in [0.2, 0.25) is 0 Å². The van der Waals surface area contributed by atoms with Crippen molar-refractivity contribution in [3.8, 4) is 22.6 Å². The Labute approximate surface area is 153 Å². The molecular formula is C19H14N4O2S. The molecule has 2 N–H and O–H groups in total. The second-order valence-electron chi connectivity index (χ2n) is 6.38. The number of hydrogen-bond donors (Lipinski definition) is 2. The van der Waals surface area contributed by atoms with Gasteiger partial charge in [-0.1, -0.05) is 18.2 Å². The summed E-state index contributed by atoms with van der Waals surface area (Å²) in [6.07, 6.45) is 0.915. The summed E-state index contributed by atoms with van der Waals surface area (Å²) in [6, 6.07) is 14.8. The standard InChI is InChI=1S/C19H14N4O2S/c24-23(25)12-7-5-11(6-8-12)16-18-17-14(9-10-22(18)19(26)21-16)13-3-1-2-4-15(13)20-17/h1-8,20H,9-10H2,(H,21,26). The van der Waals surface area contributed by atoms with Gasteiger partial charge in [-0.25, -0.2) is 0 Å². The van der Waals surface area contributed by atoms with Crippen LogP contribution in [0.5, 0.6) is 0 Å². The monoisotopic (exact) mass is 362 g/mol. The summed E-state index contributed by atoms with van der Waals surface area (Å²) < 4.78 is 2.77.